The van der Waals surface area contributed by atoms with Crippen LogP contribution in [0.25, 0.3) is 0 Å². The first-order chi connectivity index (χ1) is 19.9. The smallest absolute Gasteiger partial charge is 0.248 e. The number of rotatable bonds is 9. The van der Waals surface area contributed by atoms with E-state index in [1.807, 2.05) is 30.4 Å². The fourth-order valence-electron chi connectivity index (χ4n) is 6.14. The Morgan fingerprint density at radius 1 is 1.09 bits per heavy atom. The van der Waals surface area contributed by atoms with Crippen molar-refractivity contribution < 1.29 is 23.5 Å². The van der Waals surface area contributed by atoms with Crippen LogP contribution in [-0.2, 0) is 38.8 Å². The number of nitrogens with zero attached hydrogens (tertiary/aromatic N) is 2. The number of carbonyl (C=O) groups excluding carboxylic acids is 3. The second-order valence-electron chi connectivity index (χ2n) is 12.9. The van der Waals surface area contributed by atoms with E-state index in [4.69, 9.17) is 36.1 Å². The molecule has 0 aliphatic carbocycles. The molecule has 2 heterocycles. The van der Waals surface area contributed by atoms with Gasteiger partial charge in [0.25, 0.3) is 0 Å². The summed E-state index contributed by atoms with van der Waals surface area (Å²) in [4.78, 5) is 40.5. The van der Waals surface area contributed by atoms with Crippen LogP contribution in [0, 0.1) is 12.7 Å². The number of morpholine rings is 1. The molecular formula is C30H35B4FN4O4. The summed E-state index contributed by atoms with van der Waals surface area (Å²) in [5, 5.41) is 0.702. The summed E-state index contributed by atoms with van der Waals surface area (Å²) in [6, 6.07) is 9.09. The molecule has 2 aromatic rings. The number of anilines is 1. The van der Waals surface area contributed by atoms with E-state index < -0.39 is 28.3 Å². The number of carbonyl (C=O) groups is 3. The monoisotopic (exact) mass is 578 g/mol. The fraction of sp³-hybridized carbons (Fsp3) is 0.500. The van der Waals surface area contributed by atoms with Gasteiger partial charge in [0.1, 0.15) is 11.9 Å². The van der Waals surface area contributed by atoms with E-state index in [1.165, 1.54) is 0 Å². The number of hydrogen-bond donors (Lipinski definition) is 2. The van der Waals surface area contributed by atoms with Crippen LogP contribution in [-0.4, -0.2) is 89.7 Å². The second kappa shape index (κ2) is 11.8. The van der Waals surface area contributed by atoms with Crippen molar-refractivity contribution in [2.45, 2.75) is 81.9 Å². The molecule has 0 bridgehead atoms. The van der Waals surface area contributed by atoms with Crippen LogP contribution in [0.5, 0.6) is 0 Å². The molecule has 3 amide bonds. The summed E-state index contributed by atoms with van der Waals surface area (Å²) in [6.07, 6.45) is 0.399. The molecule has 2 fully saturated rings. The van der Waals surface area contributed by atoms with Crippen molar-refractivity contribution in [3.8, 4) is 0 Å². The van der Waals surface area contributed by atoms with Gasteiger partial charge in [-0.1, -0.05) is 29.5 Å². The van der Waals surface area contributed by atoms with Crippen LogP contribution in [0.3, 0.4) is 0 Å². The average molecular weight is 578 g/mol. The summed E-state index contributed by atoms with van der Waals surface area (Å²) in [5.74, 6) is -2.29. The van der Waals surface area contributed by atoms with E-state index in [1.54, 1.807) is 18.2 Å². The van der Waals surface area contributed by atoms with E-state index in [0.717, 1.165) is 29.1 Å². The van der Waals surface area contributed by atoms with E-state index in [0.29, 0.717) is 29.8 Å². The van der Waals surface area contributed by atoms with E-state index in [-0.39, 0.29) is 30.1 Å². The lowest BCUT2D eigenvalue weighted by Crippen LogP contribution is -2.66. The number of amides is 3. The van der Waals surface area contributed by atoms with Gasteiger partial charge in [0.2, 0.25) is 18.2 Å². The normalized spacial score (nSPS) is 22.4. The minimum atomic E-state index is -2.32. The molecule has 0 saturated carbocycles. The number of aryl methyl sites for hydroxylation is 1. The average Bonchev–Trinajstić information content (AvgIpc) is 2.86. The molecule has 2 aromatic carbocycles. The quantitative estimate of drug-likeness (QED) is 0.269. The van der Waals surface area contributed by atoms with Crippen molar-refractivity contribution in [3.05, 3.63) is 64.5 Å². The molecule has 0 spiro atoms. The van der Waals surface area contributed by atoms with Gasteiger partial charge in [-0.2, -0.15) is 0 Å². The molecule has 13 heteroatoms. The maximum Gasteiger partial charge on any atom is 0.248 e. The van der Waals surface area contributed by atoms with Crippen molar-refractivity contribution in [2.24, 2.45) is 0 Å². The molecule has 0 aromatic heterocycles. The molecule has 43 heavy (non-hydrogen) atoms. The minimum absolute atomic E-state index is 0.120. The van der Waals surface area contributed by atoms with Gasteiger partial charge < -0.3 is 15.0 Å². The number of ether oxygens (including phenoxy) is 1. The standard InChI is InChI=1S/C30H35B4FN4O4/c1-18-7-6-8-23(21(18)14-39(17-40)24-25(41)37-26(42)30(33,34)29(24,31)32)36-12-20-10-9-19(11-22(20)35)13-38-15-27(2,3)43-28(4,5)16-38/h6-11,17,24,36H,12-16H2,1-5H3,(H,37,41,42). The SMILES string of the molecule is [B]C1([B])C(=O)NC(=O)C(N(C=O)Cc2c(C)cccc2NCc2ccc(CN3CC(C)(C)OC(C)(C)C3)cc2F)C1([B])[B]. The van der Waals surface area contributed by atoms with Crippen molar-refractivity contribution in [1.82, 2.24) is 15.1 Å². The van der Waals surface area contributed by atoms with Crippen molar-refractivity contribution in [1.29, 1.82) is 0 Å². The summed E-state index contributed by atoms with van der Waals surface area (Å²) in [5.41, 5.74) is 2.72. The number of hydrogen-bond acceptors (Lipinski definition) is 6. The van der Waals surface area contributed by atoms with Crippen LogP contribution in [0.1, 0.15) is 49.9 Å². The summed E-state index contributed by atoms with van der Waals surface area (Å²) < 4.78 is 21.4. The fourth-order valence-corrected chi connectivity index (χ4v) is 6.14. The third-order valence-electron chi connectivity index (χ3n) is 8.00. The Kier molecular flexibility index (Phi) is 9.02. The minimum Gasteiger partial charge on any atom is -0.381 e. The summed E-state index contributed by atoms with van der Waals surface area (Å²) >= 11 is 0. The van der Waals surface area contributed by atoms with Crippen LogP contribution in [0.4, 0.5) is 10.1 Å². The molecule has 8 nitrogen and oxygen atoms in total. The molecule has 2 aliphatic rings. The molecular weight excluding hydrogens is 543 g/mol. The van der Waals surface area contributed by atoms with Crippen molar-refractivity contribution in [3.63, 3.8) is 0 Å². The lowest BCUT2D eigenvalue weighted by molar-refractivity contribution is -0.182. The number of nitrogens with one attached hydrogen (secondary N) is 2. The second-order valence-corrected chi connectivity index (χ2v) is 12.9. The van der Waals surface area contributed by atoms with Crippen molar-refractivity contribution >= 4 is 55.3 Å². The van der Waals surface area contributed by atoms with Crippen LogP contribution in [0.2, 0.25) is 10.4 Å². The topological polar surface area (TPSA) is 91.0 Å². The zero-order valence-electron chi connectivity index (χ0n) is 25.4. The van der Waals surface area contributed by atoms with Crippen LogP contribution < -0.4 is 10.6 Å². The van der Waals surface area contributed by atoms with Crippen LogP contribution >= 0.6 is 0 Å². The molecule has 8 radical (unpaired) electrons. The predicted octanol–water partition coefficient (Wildman–Crippen LogP) is 2.03. The van der Waals surface area contributed by atoms with Gasteiger partial charge in [-0.05, 0) is 68.7 Å². The Labute approximate surface area is 258 Å². The number of piperidine rings is 1. The Hall–Kier alpha value is -3.04. The van der Waals surface area contributed by atoms with Crippen molar-refractivity contribution in [2.75, 3.05) is 18.4 Å². The van der Waals surface area contributed by atoms with Gasteiger partial charge in [0.15, 0.2) is 0 Å². The van der Waals surface area contributed by atoms with E-state index in [2.05, 4.69) is 37.9 Å². The van der Waals surface area contributed by atoms with Gasteiger partial charge in [0, 0.05) is 44.0 Å². The Bertz CT molecular complexity index is 1400. The third kappa shape index (κ3) is 6.88. The first kappa shape index (κ1) is 32.9. The summed E-state index contributed by atoms with van der Waals surface area (Å²) in [7, 11) is 24.0. The highest BCUT2D eigenvalue weighted by atomic mass is 19.1. The van der Waals surface area contributed by atoms with E-state index in [9.17, 15) is 14.4 Å². The van der Waals surface area contributed by atoms with Gasteiger partial charge >= 0.3 is 0 Å². The van der Waals surface area contributed by atoms with Gasteiger partial charge in [-0.3, -0.25) is 24.6 Å². The highest BCUT2D eigenvalue weighted by Crippen LogP contribution is 2.49. The molecule has 4 rings (SSSR count). The van der Waals surface area contributed by atoms with Gasteiger partial charge in [0.05, 0.1) is 42.6 Å². The molecule has 1 atom stereocenters. The first-order valence-corrected chi connectivity index (χ1v) is 14.1. The Balaban J connectivity index is 1.50. The van der Waals surface area contributed by atoms with Gasteiger partial charge in [-0.15, -0.1) is 0 Å². The Morgan fingerprint density at radius 2 is 1.74 bits per heavy atom. The molecule has 2 aliphatic heterocycles. The molecule has 218 valence electrons. The lowest BCUT2D eigenvalue weighted by Gasteiger charge is -2.53. The highest BCUT2D eigenvalue weighted by molar-refractivity contribution is 6.63. The van der Waals surface area contributed by atoms with Gasteiger partial charge in [-0.25, -0.2) is 4.39 Å². The molecule has 1 unspecified atom stereocenters. The number of imide groups is 1. The largest absolute Gasteiger partial charge is 0.381 e. The molecule has 2 saturated heterocycles. The Morgan fingerprint density at radius 3 is 2.35 bits per heavy atom. The maximum atomic E-state index is 15.3. The predicted molar refractivity (Wildman–Crippen MR) is 166 cm³/mol. The number of halogens is 1. The third-order valence-corrected chi connectivity index (χ3v) is 8.00. The van der Waals surface area contributed by atoms with Crippen LogP contribution in [0.15, 0.2) is 36.4 Å². The molecule has 2 N–H and O–H groups in total. The highest BCUT2D eigenvalue weighted by Gasteiger charge is 2.54. The maximum absolute atomic E-state index is 15.3. The zero-order chi connectivity index (χ0) is 32.0. The number of benzene rings is 2. The lowest BCUT2D eigenvalue weighted by atomic mass is 9.26. The zero-order valence-corrected chi connectivity index (χ0v) is 25.4. The first-order valence-electron chi connectivity index (χ1n) is 14.1. The summed E-state index contributed by atoms with van der Waals surface area (Å²) in [6.45, 7) is 12.2. The van der Waals surface area contributed by atoms with E-state index >= 15 is 4.39 Å².